The summed E-state index contributed by atoms with van der Waals surface area (Å²) in [5.74, 6) is -0.471. The molecule has 2 heterocycles. The lowest BCUT2D eigenvalue weighted by atomic mass is 9.94. The van der Waals surface area contributed by atoms with Crippen LogP contribution in [0.1, 0.15) is 17.7 Å². The molecule has 6 heteroatoms. The molecule has 0 bridgehead atoms. The van der Waals surface area contributed by atoms with Crippen LogP contribution in [-0.4, -0.2) is 51.9 Å². The predicted octanol–water partition coefficient (Wildman–Crippen LogP) is 0.811. The minimum absolute atomic E-state index is 0.101. The molecule has 0 spiro atoms. The average Bonchev–Trinajstić information content (AvgIpc) is 2.83. The number of hydrogen-bond acceptors (Lipinski definition) is 4. The number of piperidine rings is 1. The van der Waals surface area contributed by atoms with Gasteiger partial charge in [-0.25, -0.2) is 0 Å². The van der Waals surface area contributed by atoms with Crippen LogP contribution in [-0.2, 0) is 18.4 Å². The minimum atomic E-state index is -0.561. The van der Waals surface area contributed by atoms with Crippen molar-refractivity contribution in [3.63, 3.8) is 0 Å². The van der Waals surface area contributed by atoms with Crippen molar-refractivity contribution in [1.82, 2.24) is 20.0 Å². The van der Waals surface area contributed by atoms with E-state index in [0.29, 0.717) is 19.5 Å². The Balaban J connectivity index is 1.73. The van der Waals surface area contributed by atoms with Gasteiger partial charge in [-0.05, 0) is 32.5 Å². The Morgan fingerprint density at radius 2 is 2.22 bits per heavy atom. The Bertz CT molecular complexity index is 725. The van der Waals surface area contributed by atoms with Gasteiger partial charge in [0.2, 0.25) is 5.91 Å². The van der Waals surface area contributed by atoms with E-state index in [4.69, 9.17) is 0 Å². The fraction of sp³-hybridized carbons (Fsp3) is 0.529. The van der Waals surface area contributed by atoms with Crippen molar-refractivity contribution in [3.05, 3.63) is 29.5 Å². The van der Waals surface area contributed by atoms with Gasteiger partial charge in [0, 0.05) is 25.5 Å². The first-order chi connectivity index (χ1) is 11.0. The van der Waals surface area contributed by atoms with Crippen LogP contribution in [0, 0.1) is 12.8 Å². The summed E-state index contributed by atoms with van der Waals surface area (Å²) in [6.45, 7) is 3.85. The highest BCUT2D eigenvalue weighted by Gasteiger charge is 2.31. The van der Waals surface area contributed by atoms with E-state index in [9.17, 15) is 9.90 Å². The highest BCUT2D eigenvalue weighted by atomic mass is 16.3. The Kier molecular flexibility index (Phi) is 4.37. The van der Waals surface area contributed by atoms with Gasteiger partial charge in [0.25, 0.3) is 0 Å². The quantitative estimate of drug-likeness (QED) is 0.879. The number of carbonyl (C=O) groups is 1. The largest absolute Gasteiger partial charge is 0.392 e. The second-order valence-electron chi connectivity index (χ2n) is 6.53. The van der Waals surface area contributed by atoms with Crippen LogP contribution in [0.3, 0.4) is 0 Å². The molecular formula is C17H24N4O2. The van der Waals surface area contributed by atoms with Gasteiger partial charge < -0.3 is 15.3 Å². The molecule has 0 unspecified atom stereocenters. The third kappa shape index (κ3) is 3.23. The van der Waals surface area contributed by atoms with Crippen LogP contribution in [0.2, 0.25) is 0 Å². The molecule has 6 nitrogen and oxygen atoms in total. The number of aliphatic hydroxyl groups is 1. The molecule has 2 N–H and O–H groups in total. The first-order valence-corrected chi connectivity index (χ1v) is 8.02. The van der Waals surface area contributed by atoms with Gasteiger partial charge in [0.05, 0.1) is 29.8 Å². The van der Waals surface area contributed by atoms with Crippen molar-refractivity contribution in [2.24, 2.45) is 13.0 Å². The molecular weight excluding hydrogens is 292 g/mol. The van der Waals surface area contributed by atoms with Crippen molar-refractivity contribution in [1.29, 1.82) is 0 Å². The van der Waals surface area contributed by atoms with Crippen molar-refractivity contribution in [2.75, 3.05) is 20.1 Å². The molecule has 1 aliphatic rings. The molecule has 1 amide bonds. The normalized spacial score (nSPS) is 22.4. The number of benzene rings is 1. The number of carbonyl (C=O) groups excluding carboxylic acids is 1. The van der Waals surface area contributed by atoms with Gasteiger partial charge in [0.15, 0.2) is 0 Å². The van der Waals surface area contributed by atoms with Crippen LogP contribution < -0.4 is 5.32 Å². The summed E-state index contributed by atoms with van der Waals surface area (Å²) in [7, 11) is 3.88. The maximum atomic E-state index is 12.4. The van der Waals surface area contributed by atoms with Gasteiger partial charge in [-0.3, -0.25) is 9.48 Å². The number of fused-ring (bicyclic) bond motifs is 1. The molecule has 0 aliphatic carbocycles. The summed E-state index contributed by atoms with van der Waals surface area (Å²) >= 11 is 0. The van der Waals surface area contributed by atoms with Gasteiger partial charge in [-0.1, -0.05) is 11.6 Å². The lowest BCUT2D eigenvalue weighted by Gasteiger charge is -2.32. The van der Waals surface area contributed by atoms with Crippen LogP contribution in [0.4, 0.5) is 0 Å². The number of aryl methyl sites for hydroxylation is 2. The highest BCUT2D eigenvalue weighted by Crippen LogP contribution is 2.20. The fourth-order valence-corrected chi connectivity index (χ4v) is 3.24. The van der Waals surface area contributed by atoms with E-state index in [2.05, 4.69) is 27.4 Å². The summed E-state index contributed by atoms with van der Waals surface area (Å²) in [4.78, 5) is 14.5. The van der Waals surface area contributed by atoms with Gasteiger partial charge in [-0.2, -0.15) is 5.10 Å². The second-order valence-corrected chi connectivity index (χ2v) is 6.53. The van der Waals surface area contributed by atoms with Gasteiger partial charge in [-0.15, -0.1) is 0 Å². The van der Waals surface area contributed by atoms with E-state index in [1.54, 1.807) is 0 Å². The summed E-state index contributed by atoms with van der Waals surface area (Å²) < 4.78 is 1.83. The van der Waals surface area contributed by atoms with Crippen LogP contribution in [0.5, 0.6) is 0 Å². The Hall–Kier alpha value is -1.92. The van der Waals surface area contributed by atoms with Gasteiger partial charge in [0.1, 0.15) is 0 Å². The maximum absolute atomic E-state index is 12.4. The molecule has 0 saturated carbocycles. The lowest BCUT2D eigenvalue weighted by Crippen LogP contribution is -2.48. The van der Waals surface area contributed by atoms with E-state index in [1.807, 2.05) is 31.8 Å². The molecule has 2 atom stereocenters. The third-order valence-electron chi connectivity index (χ3n) is 4.63. The van der Waals surface area contributed by atoms with E-state index in [0.717, 1.165) is 23.1 Å². The summed E-state index contributed by atoms with van der Waals surface area (Å²) in [5, 5.41) is 18.6. The molecule has 1 aromatic carbocycles. The van der Waals surface area contributed by atoms with Gasteiger partial charge >= 0.3 is 0 Å². The topological polar surface area (TPSA) is 70.4 Å². The number of likely N-dealkylation sites (tertiary alicyclic amines) is 1. The molecule has 23 heavy (non-hydrogen) atoms. The summed E-state index contributed by atoms with van der Waals surface area (Å²) in [5.41, 5.74) is 3.08. The number of nitrogens with one attached hydrogen (secondary N) is 1. The Morgan fingerprint density at radius 1 is 1.43 bits per heavy atom. The van der Waals surface area contributed by atoms with E-state index in [-0.39, 0.29) is 11.8 Å². The number of nitrogens with zero attached hydrogens (tertiary/aromatic N) is 3. The summed E-state index contributed by atoms with van der Waals surface area (Å²) in [6.07, 6.45) is 0.0780. The van der Waals surface area contributed by atoms with Crippen molar-refractivity contribution in [2.45, 2.75) is 26.0 Å². The molecule has 1 saturated heterocycles. The second kappa shape index (κ2) is 6.29. The molecule has 1 aromatic heterocycles. The molecule has 2 aromatic rings. The minimum Gasteiger partial charge on any atom is -0.392 e. The smallest absolute Gasteiger partial charge is 0.227 e. The van der Waals surface area contributed by atoms with Crippen molar-refractivity contribution >= 4 is 16.8 Å². The highest BCUT2D eigenvalue weighted by molar-refractivity contribution is 5.84. The Morgan fingerprint density at radius 3 is 3.00 bits per heavy atom. The van der Waals surface area contributed by atoms with Crippen LogP contribution in [0.25, 0.3) is 10.9 Å². The monoisotopic (exact) mass is 316 g/mol. The maximum Gasteiger partial charge on any atom is 0.227 e. The Labute approximate surface area is 136 Å². The zero-order valence-electron chi connectivity index (χ0n) is 13.9. The van der Waals surface area contributed by atoms with Crippen molar-refractivity contribution < 1.29 is 9.90 Å². The molecule has 1 fully saturated rings. The number of rotatable bonds is 3. The average molecular weight is 316 g/mol. The lowest BCUT2D eigenvalue weighted by molar-refractivity contribution is -0.131. The zero-order valence-corrected chi connectivity index (χ0v) is 13.9. The zero-order chi connectivity index (χ0) is 16.6. The van der Waals surface area contributed by atoms with E-state index < -0.39 is 6.10 Å². The first-order valence-electron chi connectivity index (χ1n) is 8.02. The standard InChI is InChI=1S/C17H24N4O2/c1-11-4-5-15-12(8-11)14(19-21(15)3)9-18-17(23)13-10-20(2)7-6-16(13)22/h4-5,8,13,16,22H,6-7,9-10H2,1-3H3,(H,18,23)/t13-,16-/m1/s1. The molecule has 1 aliphatic heterocycles. The van der Waals surface area contributed by atoms with E-state index in [1.165, 1.54) is 5.56 Å². The molecule has 3 rings (SSSR count). The first kappa shape index (κ1) is 16.0. The third-order valence-corrected chi connectivity index (χ3v) is 4.63. The molecule has 124 valence electrons. The summed E-state index contributed by atoms with van der Waals surface area (Å²) in [6, 6.07) is 6.19. The number of aliphatic hydroxyl groups excluding tert-OH is 1. The van der Waals surface area contributed by atoms with E-state index >= 15 is 0 Å². The number of hydrogen-bond donors (Lipinski definition) is 2. The number of amides is 1. The van der Waals surface area contributed by atoms with Crippen LogP contribution >= 0.6 is 0 Å². The number of aromatic nitrogens is 2. The fourth-order valence-electron chi connectivity index (χ4n) is 3.24. The predicted molar refractivity (Wildman–Crippen MR) is 88.9 cm³/mol. The van der Waals surface area contributed by atoms with Crippen molar-refractivity contribution in [3.8, 4) is 0 Å². The molecule has 0 radical (unpaired) electrons. The SMILES string of the molecule is Cc1ccc2c(c1)c(CNC(=O)[C@@H]1CN(C)CC[C@H]1O)nn2C. The van der Waals surface area contributed by atoms with Crippen LogP contribution in [0.15, 0.2) is 18.2 Å².